The number of amides is 2. The molecule has 0 aromatic heterocycles. The van der Waals surface area contributed by atoms with E-state index >= 15 is 0 Å². The van der Waals surface area contributed by atoms with Gasteiger partial charge in [0.15, 0.2) is 0 Å². The Kier molecular flexibility index (Phi) is 8.37. The van der Waals surface area contributed by atoms with Crippen LogP contribution in [0.25, 0.3) is 6.08 Å². The third-order valence-electron chi connectivity index (χ3n) is 5.14. The van der Waals surface area contributed by atoms with Gasteiger partial charge in [-0.2, -0.15) is 5.26 Å². The minimum Gasteiger partial charge on any atom is -0.379 e. The molecule has 6 heteroatoms. The van der Waals surface area contributed by atoms with Gasteiger partial charge in [0.1, 0.15) is 11.6 Å². The number of nitrogens with zero attached hydrogens (tertiary/aromatic N) is 3. The second kappa shape index (κ2) is 10.7. The van der Waals surface area contributed by atoms with Gasteiger partial charge in [-0.1, -0.05) is 12.1 Å². The van der Waals surface area contributed by atoms with Gasteiger partial charge in [0.2, 0.25) is 0 Å². The maximum atomic E-state index is 13.1. The Morgan fingerprint density at radius 3 is 2.30 bits per heavy atom. The molecular weight excluding hydrogens is 378 g/mol. The number of carbonyl (C=O) groups is 2. The summed E-state index contributed by atoms with van der Waals surface area (Å²) in [6.45, 7) is 12.2. The molecule has 1 heterocycles. The normalized spacial score (nSPS) is 15.9. The largest absolute Gasteiger partial charge is 0.379 e. The van der Waals surface area contributed by atoms with Gasteiger partial charge in [-0.15, -0.1) is 0 Å². The molecule has 1 aromatic rings. The Morgan fingerprint density at radius 1 is 1.13 bits per heavy atom. The van der Waals surface area contributed by atoms with E-state index in [2.05, 4.69) is 18.7 Å². The number of hydrogen-bond acceptors (Lipinski definition) is 5. The Bertz CT molecular complexity index is 872. The van der Waals surface area contributed by atoms with Crippen molar-refractivity contribution in [2.45, 2.75) is 47.1 Å². The molecule has 0 atom stereocenters. The van der Waals surface area contributed by atoms with Gasteiger partial charge in [0.05, 0.1) is 6.10 Å². The summed E-state index contributed by atoms with van der Waals surface area (Å²) in [6, 6.07) is 9.91. The molecular formula is C24H31N3O3. The lowest BCUT2D eigenvalue weighted by Crippen LogP contribution is -2.43. The highest BCUT2D eigenvalue weighted by Gasteiger charge is 2.35. The maximum absolute atomic E-state index is 13.1. The minimum absolute atomic E-state index is 0.0189. The zero-order chi connectivity index (χ0) is 22.3. The second-order valence-corrected chi connectivity index (χ2v) is 7.47. The summed E-state index contributed by atoms with van der Waals surface area (Å²) in [5.41, 5.74) is 2.79. The van der Waals surface area contributed by atoms with Crippen molar-refractivity contribution >= 4 is 23.6 Å². The topological polar surface area (TPSA) is 73.6 Å². The molecule has 0 aliphatic carbocycles. The fraction of sp³-hybridized carbons (Fsp3) is 0.458. The third kappa shape index (κ3) is 5.37. The van der Waals surface area contributed by atoms with Gasteiger partial charge >= 0.3 is 0 Å². The molecule has 0 spiro atoms. The van der Waals surface area contributed by atoms with Crippen molar-refractivity contribution in [2.24, 2.45) is 0 Å². The van der Waals surface area contributed by atoms with Crippen molar-refractivity contribution in [1.82, 2.24) is 4.90 Å². The Morgan fingerprint density at radius 2 is 1.77 bits per heavy atom. The van der Waals surface area contributed by atoms with E-state index < -0.39 is 5.91 Å². The summed E-state index contributed by atoms with van der Waals surface area (Å²) in [6.07, 6.45) is 2.37. The van der Waals surface area contributed by atoms with Crippen molar-refractivity contribution in [1.29, 1.82) is 5.26 Å². The lowest BCUT2D eigenvalue weighted by Gasteiger charge is -2.27. The average Bonchev–Trinajstić information content (AvgIpc) is 2.72. The first-order chi connectivity index (χ1) is 14.3. The quantitative estimate of drug-likeness (QED) is 0.351. The van der Waals surface area contributed by atoms with Crippen molar-refractivity contribution in [3.63, 3.8) is 0 Å². The second-order valence-electron chi connectivity index (χ2n) is 7.47. The smallest absolute Gasteiger partial charge is 0.271 e. The van der Waals surface area contributed by atoms with Crippen LogP contribution < -0.4 is 4.90 Å². The Hall–Kier alpha value is -2.91. The van der Waals surface area contributed by atoms with Crippen LogP contribution in [-0.4, -0.2) is 49.1 Å². The van der Waals surface area contributed by atoms with Gasteiger partial charge < -0.3 is 9.64 Å². The first-order valence-corrected chi connectivity index (χ1v) is 10.5. The highest BCUT2D eigenvalue weighted by Crippen LogP contribution is 2.27. The van der Waals surface area contributed by atoms with Crippen molar-refractivity contribution in [3.05, 3.63) is 46.5 Å². The van der Waals surface area contributed by atoms with E-state index in [4.69, 9.17) is 4.74 Å². The predicted molar refractivity (Wildman–Crippen MR) is 119 cm³/mol. The molecule has 0 unspecified atom stereocenters. The van der Waals surface area contributed by atoms with Gasteiger partial charge in [-0.05, 0) is 70.4 Å². The molecule has 0 fully saturated rings. The van der Waals surface area contributed by atoms with Crippen molar-refractivity contribution < 1.29 is 14.3 Å². The molecule has 160 valence electrons. The molecule has 2 rings (SSSR count). The van der Waals surface area contributed by atoms with Gasteiger partial charge in [0.25, 0.3) is 11.8 Å². The molecule has 6 nitrogen and oxygen atoms in total. The maximum Gasteiger partial charge on any atom is 0.271 e. The number of rotatable bonds is 9. The lowest BCUT2D eigenvalue weighted by atomic mass is 9.93. The van der Waals surface area contributed by atoms with E-state index in [-0.39, 0.29) is 24.1 Å². The first kappa shape index (κ1) is 23.4. The molecule has 0 radical (unpaired) electrons. The Labute approximate surface area is 179 Å². The molecule has 0 N–H and O–H groups in total. The zero-order valence-electron chi connectivity index (χ0n) is 18.6. The molecule has 30 heavy (non-hydrogen) atoms. The van der Waals surface area contributed by atoms with Crippen LogP contribution >= 0.6 is 0 Å². The standard InChI is InChI=1S/C24H31N3O3/c1-6-26(7-2)20-11-9-19(10-12-20)15-21-18(5)22(16-25)24(29)27(23(21)28)13-8-14-30-17(3)4/h9-12,15,17H,6-8,13-14H2,1-5H3/b21-15+. The molecule has 0 saturated carbocycles. The summed E-state index contributed by atoms with van der Waals surface area (Å²) >= 11 is 0. The van der Waals surface area contributed by atoms with Gasteiger partial charge in [-0.3, -0.25) is 14.5 Å². The number of hydrogen-bond donors (Lipinski definition) is 0. The van der Waals surface area contributed by atoms with E-state index in [1.54, 1.807) is 13.0 Å². The van der Waals surface area contributed by atoms with Crippen molar-refractivity contribution in [2.75, 3.05) is 31.1 Å². The average molecular weight is 410 g/mol. The monoisotopic (exact) mass is 409 g/mol. The third-order valence-corrected chi connectivity index (χ3v) is 5.14. The SMILES string of the molecule is CCN(CC)c1ccc(/C=C2/C(=O)N(CCCOC(C)C)C(=O)C(C#N)=C2C)cc1. The summed E-state index contributed by atoms with van der Waals surface area (Å²) in [7, 11) is 0. The van der Waals surface area contributed by atoms with E-state index in [1.807, 2.05) is 44.2 Å². The molecule has 0 saturated heterocycles. The number of nitriles is 1. The van der Waals surface area contributed by atoms with Gasteiger partial charge in [-0.25, -0.2) is 0 Å². The number of ether oxygens (including phenoxy) is 1. The molecule has 1 aromatic carbocycles. The van der Waals surface area contributed by atoms with Crippen LogP contribution in [0.2, 0.25) is 0 Å². The summed E-state index contributed by atoms with van der Waals surface area (Å²) in [5.74, 6) is -0.896. The van der Waals surface area contributed by atoms with E-state index in [1.165, 1.54) is 0 Å². The number of benzene rings is 1. The van der Waals surface area contributed by atoms with Crippen LogP contribution in [0, 0.1) is 11.3 Å². The highest BCUT2D eigenvalue weighted by atomic mass is 16.5. The van der Waals surface area contributed by atoms with Crippen LogP contribution in [-0.2, 0) is 14.3 Å². The predicted octanol–water partition coefficient (Wildman–Crippen LogP) is 3.94. The van der Waals surface area contributed by atoms with Gasteiger partial charge in [0, 0.05) is 37.5 Å². The summed E-state index contributed by atoms with van der Waals surface area (Å²) < 4.78 is 5.50. The van der Waals surface area contributed by atoms with E-state index in [0.29, 0.717) is 24.2 Å². The first-order valence-electron chi connectivity index (χ1n) is 10.5. The van der Waals surface area contributed by atoms with Crippen LogP contribution in [0.5, 0.6) is 0 Å². The fourth-order valence-electron chi connectivity index (χ4n) is 3.41. The van der Waals surface area contributed by atoms with E-state index in [9.17, 15) is 14.9 Å². The highest BCUT2D eigenvalue weighted by molar-refractivity contribution is 6.19. The van der Waals surface area contributed by atoms with E-state index in [0.717, 1.165) is 29.2 Å². The van der Waals surface area contributed by atoms with Crippen LogP contribution in [0.3, 0.4) is 0 Å². The molecule has 1 aliphatic heterocycles. The molecule has 0 bridgehead atoms. The Balaban J connectivity index is 2.30. The molecule has 2 amide bonds. The lowest BCUT2D eigenvalue weighted by molar-refractivity contribution is -0.140. The molecule has 1 aliphatic rings. The van der Waals surface area contributed by atoms with Crippen LogP contribution in [0.15, 0.2) is 41.0 Å². The van der Waals surface area contributed by atoms with Crippen LogP contribution in [0.1, 0.15) is 46.6 Å². The van der Waals surface area contributed by atoms with Crippen molar-refractivity contribution in [3.8, 4) is 6.07 Å². The van der Waals surface area contributed by atoms with Crippen LogP contribution in [0.4, 0.5) is 5.69 Å². The summed E-state index contributed by atoms with van der Waals surface area (Å²) in [4.78, 5) is 29.1. The fourth-order valence-corrected chi connectivity index (χ4v) is 3.41. The minimum atomic E-state index is -0.529. The number of anilines is 1. The summed E-state index contributed by atoms with van der Waals surface area (Å²) in [5, 5.41) is 9.49. The number of carbonyl (C=O) groups excluding carboxylic acids is 2. The zero-order valence-corrected chi connectivity index (χ0v) is 18.6. The number of imide groups is 1.